The molecule has 0 unspecified atom stereocenters. The molecule has 0 aliphatic heterocycles. The highest BCUT2D eigenvalue weighted by Gasteiger charge is 2.38. The molecule has 0 saturated heterocycles. The number of hydrogen-bond acceptors (Lipinski definition) is 6. The third-order valence-corrected chi connectivity index (χ3v) is 7.97. The first-order chi connectivity index (χ1) is 18.0. The highest BCUT2D eigenvalue weighted by molar-refractivity contribution is 9.10. The number of anilines is 1. The molecule has 0 aromatic carbocycles. The standard InChI is InChI=1S/C22H18BrF6N7O2S/c1-8-11(7-31-35(8)3)10-6-12(21(24,25)26)32-20-14(10)16(17(39-20)19(30)38)33-13(37)4-5-36-9(2)15(23)18(34-36)22(27,28)29/h6-7H,4-5H2,1-3H3,(H2,30,38)(H,33,37). The van der Waals surface area contributed by atoms with E-state index < -0.39 is 35.6 Å². The molecule has 0 fully saturated rings. The van der Waals surface area contributed by atoms with Crippen LogP contribution in [-0.4, -0.2) is 36.4 Å². The van der Waals surface area contributed by atoms with Crippen LogP contribution in [0, 0.1) is 13.8 Å². The Morgan fingerprint density at radius 2 is 1.77 bits per heavy atom. The van der Waals surface area contributed by atoms with Crippen LogP contribution in [0.5, 0.6) is 0 Å². The van der Waals surface area contributed by atoms with Crippen molar-refractivity contribution >= 4 is 55.0 Å². The number of thiophene rings is 1. The van der Waals surface area contributed by atoms with Crippen LogP contribution in [0.25, 0.3) is 21.3 Å². The SMILES string of the molecule is Cc1c(-c2cc(C(F)(F)F)nc3sc(C(N)=O)c(NC(=O)CCn4nc(C(F)(F)F)c(Br)c4C)c23)cnn1C. The average molecular weight is 638 g/mol. The summed E-state index contributed by atoms with van der Waals surface area (Å²) in [7, 11) is 1.59. The van der Waals surface area contributed by atoms with E-state index >= 15 is 0 Å². The molecule has 4 heterocycles. The van der Waals surface area contributed by atoms with Gasteiger partial charge in [-0.2, -0.15) is 36.5 Å². The number of aryl methyl sites for hydroxylation is 2. The first kappa shape index (κ1) is 28.5. The minimum absolute atomic E-state index is 0.0126. The summed E-state index contributed by atoms with van der Waals surface area (Å²) in [5.74, 6) is -1.76. The van der Waals surface area contributed by atoms with E-state index in [1.165, 1.54) is 17.8 Å². The maximum absolute atomic E-state index is 13.7. The van der Waals surface area contributed by atoms with Gasteiger partial charge in [-0.25, -0.2) is 4.98 Å². The summed E-state index contributed by atoms with van der Waals surface area (Å²) in [6.45, 7) is 2.75. The quantitative estimate of drug-likeness (QED) is 0.273. The zero-order valence-corrected chi connectivity index (χ0v) is 22.7. The number of alkyl halides is 6. The Hall–Kier alpha value is -3.47. The van der Waals surface area contributed by atoms with E-state index in [2.05, 4.69) is 36.4 Å². The van der Waals surface area contributed by atoms with Gasteiger partial charge in [0.1, 0.15) is 15.4 Å². The fourth-order valence-corrected chi connectivity index (χ4v) is 5.36. The van der Waals surface area contributed by atoms with Crippen LogP contribution < -0.4 is 11.1 Å². The summed E-state index contributed by atoms with van der Waals surface area (Å²) in [5.41, 5.74) is 3.90. The average Bonchev–Trinajstić information content (AvgIpc) is 3.45. The lowest BCUT2D eigenvalue weighted by atomic mass is 10.0. The molecule has 39 heavy (non-hydrogen) atoms. The summed E-state index contributed by atoms with van der Waals surface area (Å²) in [4.78, 5) is 28.3. The van der Waals surface area contributed by atoms with Gasteiger partial charge < -0.3 is 11.1 Å². The molecule has 4 aromatic heterocycles. The highest BCUT2D eigenvalue weighted by atomic mass is 79.9. The molecule has 4 rings (SSSR count). The Morgan fingerprint density at radius 3 is 2.28 bits per heavy atom. The van der Waals surface area contributed by atoms with Crippen LogP contribution >= 0.6 is 27.3 Å². The van der Waals surface area contributed by atoms with Gasteiger partial charge in [0.15, 0.2) is 5.69 Å². The lowest BCUT2D eigenvalue weighted by molar-refractivity contribution is -0.142. The van der Waals surface area contributed by atoms with Gasteiger partial charge in [0.05, 0.1) is 28.6 Å². The molecule has 4 aromatic rings. The summed E-state index contributed by atoms with van der Waals surface area (Å²) in [6, 6.07) is 0.794. The Labute approximate surface area is 228 Å². The molecule has 0 atom stereocenters. The summed E-state index contributed by atoms with van der Waals surface area (Å²) in [5, 5.41) is 10.1. The van der Waals surface area contributed by atoms with Crippen molar-refractivity contribution in [1.29, 1.82) is 0 Å². The summed E-state index contributed by atoms with van der Waals surface area (Å²) < 4.78 is 82.7. The van der Waals surface area contributed by atoms with Gasteiger partial charge in [-0.15, -0.1) is 11.3 Å². The van der Waals surface area contributed by atoms with Crippen LogP contribution in [0.1, 0.15) is 38.9 Å². The molecule has 208 valence electrons. The van der Waals surface area contributed by atoms with Gasteiger partial charge in [0.2, 0.25) is 5.91 Å². The second-order valence-electron chi connectivity index (χ2n) is 8.44. The maximum atomic E-state index is 13.7. The first-order valence-electron chi connectivity index (χ1n) is 10.9. The molecule has 17 heteroatoms. The van der Waals surface area contributed by atoms with Crippen LogP contribution in [0.4, 0.5) is 32.0 Å². The number of halogens is 7. The van der Waals surface area contributed by atoms with Crippen molar-refractivity contribution in [2.24, 2.45) is 12.8 Å². The Kier molecular flexibility index (Phi) is 7.26. The fraction of sp³-hybridized carbons (Fsp3) is 0.318. The van der Waals surface area contributed by atoms with Crippen molar-refractivity contribution in [3.05, 3.63) is 44.4 Å². The van der Waals surface area contributed by atoms with Gasteiger partial charge in [-0.1, -0.05) is 0 Å². The Morgan fingerprint density at radius 1 is 1.10 bits per heavy atom. The summed E-state index contributed by atoms with van der Waals surface area (Å²) >= 11 is 3.43. The normalized spacial score (nSPS) is 12.4. The molecule has 0 radical (unpaired) electrons. The van der Waals surface area contributed by atoms with E-state index in [9.17, 15) is 35.9 Å². The first-order valence-corrected chi connectivity index (χ1v) is 12.5. The van der Waals surface area contributed by atoms with Crippen molar-refractivity contribution in [3.63, 3.8) is 0 Å². The molecule has 0 bridgehead atoms. The Bertz CT molecular complexity index is 1620. The molecule has 2 amide bonds. The molecule has 0 aliphatic carbocycles. The molecule has 3 N–H and O–H groups in total. The number of fused-ring (bicyclic) bond motifs is 1. The number of aromatic nitrogens is 5. The zero-order chi connectivity index (χ0) is 29.0. The van der Waals surface area contributed by atoms with Crippen LogP contribution in [-0.2, 0) is 30.7 Å². The predicted molar refractivity (Wildman–Crippen MR) is 133 cm³/mol. The molecule has 9 nitrogen and oxygen atoms in total. The number of rotatable bonds is 6. The van der Waals surface area contributed by atoms with Crippen LogP contribution in [0.15, 0.2) is 16.7 Å². The highest BCUT2D eigenvalue weighted by Crippen LogP contribution is 2.44. The van der Waals surface area contributed by atoms with Gasteiger partial charge in [0.25, 0.3) is 5.91 Å². The second kappa shape index (κ2) is 9.93. The third-order valence-electron chi connectivity index (χ3n) is 5.92. The molecule has 0 spiro atoms. The minimum atomic E-state index is -4.81. The lowest BCUT2D eigenvalue weighted by Crippen LogP contribution is -2.19. The fourth-order valence-electron chi connectivity index (χ4n) is 3.84. The van der Waals surface area contributed by atoms with Crippen molar-refractivity contribution in [2.75, 3.05) is 5.32 Å². The number of nitrogens with two attached hydrogens (primary N) is 1. The van der Waals surface area contributed by atoms with Gasteiger partial charge >= 0.3 is 12.4 Å². The van der Waals surface area contributed by atoms with Gasteiger partial charge in [-0.05, 0) is 41.4 Å². The topological polar surface area (TPSA) is 121 Å². The predicted octanol–water partition coefficient (Wildman–Crippen LogP) is 5.44. The monoisotopic (exact) mass is 637 g/mol. The van der Waals surface area contributed by atoms with Crippen LogP contribution in [0.3, 0.4) is 0 Å². The Balaban J connectivity index is 1.77. The van der Waals surface area contributed by atoms with Crippen molar-refractivity contribution in [3.8, 4) is 11.1 Å². The van der Waals surface area contributed by atoms with Crippen molar-refractivity contribution < 1.29 is 35.9 Å². The van der Waals surface area contributed by atoms with E-state index in [-0.39, 0.29) is 49.5 Å². The molecular weight excluding hydrogens is 620 g/mol. The molecular formula is C22H18BrF6N7O2S. The number of pyridine rings is 1. The third kappa shape index (κ3) is 5.36. The summed E-state index contributed by atoms with van der Waals surface area (Å²) in [6.07, 6.45) is -8.57. The largest absolute Gasteiger partial charge is 0.436 e. The van der Waals surface area contributed by atoms with E-state index in [1.54, 1.807) is 14.0 Å². The van der Waals surface area contributed by atoms with Crippen molar-refractivity contribution in [2.45, 2.75) is 39.2 Å². The zero-order valence-electron chi connectivity index (χ0n) is 20.3. The smallest absolute Gasteiger partial charge is 0.365 e. The van der Waals surface area contributed by atoms with Crippen molar-refractivity contribution in [1.82, 2.24) is 24.5 Å². The molecule has 0 saturated carbocycles. The number of carbonyl (C=O) groups excluding carboxylic acids is 2. The van der Waals surface area contributed by atoms with E-state index in [0.29, 0.717) is 22.6 Å². The number of hydrogen-bond donors (Lipinski definition) is 2. The minimum Gasteiger partial charge on any atom is -0.365 e. The van der Waals surface area contributed by atoms with Gasteiger partial charge in [-0.3, -0.25) is 19.0 Å². The van der Waals surface area contributed by atoms with Gasteiger partial charge in [0, 0.05) is 30.1 Å². The number of nitrogens with zero attached hydrogens (tertiary/aromatic N) is 5. The second-order valence-corrected chi connectivity index (χ2v) is 10.2. The maximum Gasteiger partial charge on any atom is 0.436 e. The molecule has 0 aliphatic rings. The van der Waals surface area contributed by atoms with Crippen LogP contribution in [0.2, 0.25) is 0 Å². The van der Waals surface area contributed by atoms with E-state index in [4.69, 9.17) is 5.73 Å². The number of carbonyl (C=O) groups is 2. The van der Waals surface area contributed by atoms with E-state index in [1.807, 2.05) is 0 Å². The number of primary amides is 1. The number of amides is 2. The lowest BCUT2D eigenvalue weighted by Gasteiger charge is -2.12. The van der Waals surface area contributed by atoms with E-state index in [0.717, 1.165) is 10.7 Å². The number of nitrogens with one attached hydrogen (secondary N) is 1.